The Morgan fingerprint density at radius 3 is 3.00 bits per heavy atom. The second kappa shape index (κ2) is 7.43. The molecule has 1 fully saturated rings. The second-order valence-corrected chi connectivity index (χ2v) is 6.00. The molecule has 1 saturated heterocycles. The fourth-order valence-corrected chi connectivity index (χ4v) is 2.89. The van der Waals surface area contributed by atoms with Gasteiger partial charge in [-0.05, 0) is 43.9 Å². The first-order valence-corrected chi connectivity index (χ1v) is 8.38. The molecule has 1 atom stereocenters. The minimum atomic E-state index is 0.270. The summed E-state index contributed by atoms with van der Waals surface area (Å²) in [6, 6.07) is 6.25. The van der Waals surface area contributed by atoms with Crippen LogP contribution in [0.3, 0.4) is 0 Å². The van der Waals surface area contributed by atoms with E-state index in [1.807, 2.05) is 16.9 Å². The first kappa shape index (κ1) is 15.8. The molecule has 2 aromatic rings. The van der Waals surface area contributed by atoms with E-state index in [9.17, 15) is 0 Å². The fraction of sp³-hybridized carbons (Fsp3) is 0.474. The highest BCUT2D eigenvalue weighted by Gasteiger charge is 2.16. The van der Waals surface area contributed by atoms with E-state index in [2.05, 4.69) is 48.1 Å². The average Bonchev–Trinajstić information content (AvgIpc) is 3.02. The maximum absolute atomic E-state index is 5.77. The topological polar surface area (TPSA) is 39.9 Å². The van der Waals surface area contributed by atoms with Gasteiger partial charge < -0.3 is 4.74 Å². The quantitative estimate of drug-likeness (QED) is 0.814. The van der Waals surface area contributed by atoms with Gasteiger partial charge >= 0.3 is 0 Å². The summed E-state index contributed by atoms with van der Waals surface area (Å²) in [7, 11) is 0. The molecule has 0 N–H and O–H groups in total. The monoisotopic (exact) mass is 309 g/mol. The Labute approximate surface area is 137 Å². The van der Waals surface area contributed by atoms with Gasteiger partial charge in [-0.25, -0.2) is 4.68 Å². The number of hydrogen-bond donors (Lipinski definition) is 0. The maximum atomic E-state index is 5.77. The van der Waals surface area contributed by atoms with Crippen molar-refractivity contribution in [2.45, 2.75) is 52.2 Å². The predicted molar refractivity (Wildman–Crippen MR) is 91.0 cm³/mol. The van der Waals surface area contributed by atoms with Gasteiger partial charge in [0, 0.05) is 24.2 Å². The van der Waals surface area contributed by atoms with E-state index in [-0.39, 0.29) is 6.10 Å². The van der Waals surface area contributed by atoms with Gasteiger partial charge in [0.05, 0.1) is 18.8 Å². The van der Waals surface area contributed by atoms with Crippen LogP contribution in [0.5, 0.6) is 0 Å². The van der Waals surface area contributed by atoms with E-state index >= 15 is 0 Å². The lowest BCUT2D eigenvalue weighted by Gasteiger charge is -2.21. The van der Waals surface area contributed by atoms with E-state index in [0.29, 0.717) is 0 Å². The molecule has 1 aliphatic rings. The van der Waals surface area contributed by atoms with Gasteiger partial charge in [0.2, 0.25) is 0 Å². The lowest BCUT2D eigenvalue weighted by Crippen LogP contribution is -2.24. The van der Waals surface area contributed by atoms with Crippen molar-refractivity contribution >= 4 is 0 Å². The van der Waals surface area contributed by atoms with Crippen molar-refractivity contribution < 1.29 is 4.74 Å². The molecule has 0 saturated carbocycles. The average molecular weight is 309 g/mol. The summed E-state index contributed by atoms with van der Waals surface area (Å²) in [6.07, 6.45) is 6.68. The third-order valence-corrected chi connectivity index (χ3v) is 4.12. The molecule has 120 valence electrons. The molecule has 3 rings (SSSR count). The zero-order chi connectivity index (χ0) is 16.1. The molecule has 4 heteroatoms. The molecule has 4 nitrogen and oxygen atoms in total. The number of aromatic nitrogens is 3. The molecule has 1 unspecified atom stereocenters. The molecular formula is C19H23N3O. The predicted octanol–water partition coefficient (Wildman–Crippen LogP) is 3.58. The Kier molecular flexibility index (Phi) is 5.09. The third kappa shape index (κ3) is 4.00. The molecule has 0 spiro atoms. The summed E-state index contributed by atoms with van der Waals surface area (Å²) in [5, 5.41) is 8.58. The molecule has 2 heterocycles. The molecule has 0 amide bonds. The number of aryl methyl sites for hydroxylation is 1. The summed E-state index contributed by atoms with van der Waals surface area (Å²) in [5.41, 5.74) is 4.25. The molecule has 1 aromatic carbocycles. The van der Waals surface area contributed by atoms with Crippen LogP contribution in [-0.2, 0) is 11.3 Å². The van der Waals surface area contributed by atoms with E-state index < -0.39 is 0 Å². The summed E-state index contributed by atoms with van der Waals surface area (Å²) in [4.78, 5) is 0. The van der Waals surface area contributed by atoms with Crippen LogP contribution in [0.25, 0.3) is 11.3 Å². The first-order valence-electron chi connectivity index (χ1n) is 8.38. The molecular weight excluding hydrogens is 286 g/mol. The Morgan fingerprint density at radius 2 is 2.26 bits per heavy atom. The summed E-state index contributed by atoms with van der Waals surface area (Å²) >= 11 is 0. The summed E-state index contributed by atoms with van der Waals surface area (Å²) in [5.74, 6) is 6.27. The molecule has 1 aromatic heterocycles. The SMILES string of the molecule is CCC#Cc1ccc(-c2cn(CC3CCCCO3)nn2)c(C)c1. The fourth-order valence-electron chi connectivity index (χ4n) is 2.89. The van der Waals surface area contributed by atoms with Crippen LogP contribution in [-0.4, -0.2) is 27.7 Å². The van der Waals surface area contributed by atoms with Crippen molar-refractivity contribution in [1.29, 1.82) is 0 Å². The van der Waals surface area contributed by atoms with Gasteiger partial charge in [0.25, 0.3) is 0 Å². The lowest BCUT2D eigenvalue weighted by molar-refractivity contribution is 0.00370. The van der Waals surface area contributed by atoms with Gasteiger partial charge in [-0.2, -0.15) is 0 Å². The highest BCUT2D eigenvalue weighted by atomic mass is 16.5. The number of rotatable bonds is 3. The number of benzene rings is 1. The Hall–Kier alpha value is -2.12. The van der Waals surface area contributed by atoms with Crippen LogP contribution < -0.4 is 0 Å². The lowest BCUT2D eigenvalue weighted by atomic mass is 10.0. The van der Waals surface area contributed by atoms with Crippen LogP contribution in [0.4, 0.5) is 0 Å². The largest absolute Gasteiger partial charge is 0.376 e. The Bertz CT molecular complexity index is 718. The molecule has 0 radical (unpaired) electrons. The van der Waals surface area contributed by atoms with Gasteiger partial charge in [-0.15, -0.1) is 5.10 Å². The van der Waals surface area contributed by atoms with Crippen molar-refractivity contribution in [1.82, 2.24) is 15.0 Å². The highest BCUT2D eigenvalue weighted by molar-refractivity contribution is 5.64. The summed E-state index contributed by atoms with van der Waals surface area (Å²) in [6.45, 7) is 5.80. The zero-order valence-corrected chi connectivity index (χ0v) is 13.9. The van der Waals surface area contributed by atoms with Crippen LogP contribution in [0.15, 0.2) is 24.4 Å². The normalized spacial score (nSPS) is 17.6. The van der Waals surface area contributed by atoms with Gasteiger partial charge in [-0.1, -0.05) is 30.0 Å². The van der Waals surface area contributed by atoms with Crippen molar-refractivity contribution in [3.63, 3.8) is 0 Å². The van der Waals surface area contributed by atoms with Crippen LogP contribution in [0.1, 0.15) is 43.7 Å². The van der Waals surface area contributed by atoms with Crippen molar-refractivity contribution in [3.05, 3.63) is 35.5 Å². The zero-order valence-electron chi connectivity index (χ0n) is 13.9. The first-order chi connectivity index (χ1) is 11.3. The van der Waals surface area contributed by atoms with Crippen molar-refractivity contribution in [2.24, 2.45) is 0 Å². The minimum Gasteiger partial charge on any atom is -0.376 e. The molecule has 23 heavy (non-hydrogen) atoms. The van der Waals surface area contributed by atoms with Gasteiger partial charge in [0.1, 0.15) is 5.69 Å². The minimum absolute atomic E-state index is 0.270. The molecule has 1 aliphatic heterocycles. The molecule has 0 bridgehead atoms. The number of ether oxygens (including phenoxy) is 1. The number of nitrogens with zero attached hydrogens (tertiary/aromatic N) is 3. The summed E-state index contributed by atoms with van der Waals surface area (Å²) < 4.78 is 7.67. The maximum Gasteiger partial charge on any atom is 0.113 e. The van der Waals surface area contributed by atoms with E-state index in [1.165, 1.54) is 18.4 Å². The smallest absolute Gasteiger partial charge is 0.113 e. The van der Waals surface area contributed by atoms with Crippen molar-refractivity contribution in [2.75, 3.05) is 6.61 Å². The Balaban J connectivity index is 1.74. The van der Waals surface area contributed by atoms with Crippen molar-refractivity contribution in [3.8, 4) is 23.1 Å². The molecule has 0 aliphatic carbocycles. The highest BCUT2D eigenvalue weighted by Crippen LogP contribution is 2.22. The van der Waals surface area contributed by atoms with Crippen LogP contribution in [0, 0.1) is 18.8 Å². The number of hydrogen-bond acceptors (Lipinski definition) is 3. The van der Waals surface area contributed by atoms with Crippen LogP contribution >= 0.6 is 0 Å². The van der Waals surface area contributed by atoms with Crippen LogP contribution in [0.2, 0.25) is 0 Å². The van der Waals surface area contributed by atoms with Gasteiger partial charge in [-0.3, -0.25) is 0 Å². The van der Waals surface area contributed by atoms with E-state index in [4.69, 9.17) is 4.74 Å². The van der Waals surface area contributed by atoms with E-state index in [0.717, 1.165) is 42.8 Å². The van der Waals surface area contributed by atoms with Gasteiger partial charge in [0.15, 0.2) is 0 Å². The third-order valence-electron chi connectivity index (χ3n) is 4.12. The standard InChI is InChI=1S/C19H23N3O/c1-3-4-7-16-9-10-18(15(2)12-16)19-14-22(21-20-19)13-17-8-5-6-11-23-17/h9-10,12,14,17H,3,5-6,8,11,13H2,1-2H3. The second-order valence-electron chi connectivity index (χ2n) is 6.00. The van der Waals surface area contributed by atoms with E-state index in [1.54, 1.807) is 0 Å². The Morgan fingerprint density at radius 1 is 1.35 bits per heavy atom.